The van der Waals surface area contributed by atoms with Crippen molar-refractivity contribution in [2.24, 2.45) is 0 Å². The molecule has 94 valence electrons. The number of halogens is 1. The third-order valence-corrected chi connectivity index (χ3v) is 2.94. The molecule has 2 rings (SSSR count). The van der Waals surface area contributed by atoms with Gasteiger partial charge in [-0.05, 0) is 31.5 Å². The Hall–Kier alpha value is -1.67. The fourth-order valence-electron chi connectivity index (χ4n) is 1.94. The number of ether oxygens (including phenoxy) is 1. The van der Waals surface area contributed by atoms with Crippen molar-refractivity contribution in [1.82, 2.24) is 0 Å². The summed E-state index contributed by atoms with van der Waals surface area (Å²) in [5, 5.41) is 0.577. The highest BCUT2D eigenvalue weighted by Gasteiger charge is 2.03. The summed E-state index contributed by atoms with van der Waals surface area (Å²) < 4.78 is 5.70. The van der Waals surface area contributed by atoms with Crippen LogP contribution in [0.25, 0.3) is 0 Å². The fourth-order valence-corrected chi connectivity index (χ4v) is 2.12. The Labute approximate surface area is 112 Å². The summed E-state index contributed by atoms with van der Waals surface area (Å²) in [6.07, 6.45) is 0. The predicted molar refractivity (Wildman–Crippen MR) is 76.1 cm³/mol. The first kappa shape index (κ1) is 12.8. The molecule has 0 unspecified atom stereocenters. The quantitative estimate of drug-likeness (QED) is 0.844. The van der Waals surface area contributed by atoms with Crippen LogP contribution in [-0.2, 0) is 6.61 Å². The molecule has 0 aliphatic heterocycles. The van der Waals surface area contributed by atoms with E-state index in [1.807, 2.05) is 0 Å². The van der Waals surface area contributed by atoms with Crippen molar-refractivity contribution in [2.45, 2.75) is 20.5 Å². The van der Waals surface area contributed by atoms with Gasteiger partial charge in [-0.15, -0.1) is 0 Å². The molecule has 0 aliphatic rings. The second-order valence-corrected chi connectivity index (χ2v) is 4.88. The van der Waals surface area contributed by atoms with Crippen molar-refractivity contribution in [2.75, 3.05) is 5.73 Å². The van der Waals surface area contributed by atoms with E-state index in [1.165, 1.54) is 11.1 Å². The molecule has 2 aromatic carbocycles. The molecule has 2 nitrogen and oxygen atoms in total. The van der Waals surface area contributed by atoms with Gasteiger partial charge in [0.2, 0.25) is 0 Å². The topological polar surface area (TPSA) is 35.2 Å². The molecule has 0 saturated heterocycles. The van der Waals surface area contributed by atoms with E-state index < -0.39 is 0 Å². The molecule has 0 spiro atoms. The molecule has 0 bridgehead atoms. The van der Waals surface area contributed by atoms with Crippen LogP contribution in [0.15, 0.2) is 36.4 Å². The standard InChI is InChI=1S/C15H16ClNO/c1-10-5-11(2)7-12(6-10)9-18-15-8-13(17)3-4-14(15)16/h3-8H,9,17H2,1-2H3. The molecule has 0 heterocycles. The molecule has 2 N–H and O–H groups in total. The minimum atomic E-state index is 0.492. The van der Waals surface area contributed by atoms with Gasteiger partial charge in [0, 0.05) is 11.8 Å². The van der Waals surface area contributed by atoms with Gasteiger partial charge in [-0.2, -0.15) is 0 Å². The Morgan fingerprint density at radius 2 is 1.72 bits per heavy atom. The van der Waals surface area contributed by atoms with Gasteiger partial charge in [0.25, 0.3) is 0 Å². The number of nitrogen functional groups attached to an aromatic ring is 1. The van der Waals surface area contributed by atoms with Gasteiger partial charge in [0.05, 0.1) is 5.02 Å². The molecule has 0 atom stereocenters. The number of anilines is 1. The number of nitrogens with two attached hydrogens (primary N) is 1. The second kappa shape index (κ2) is 5.32. The van der Waals surface area contributed by atoms with E-state index in [2.05, 4.69) is 32.0 Å². The summed E-state index contributed by atoms with van der Waals surface area (Å²) in [6.45, 7) is 4.64. The summed E-state index contributed by atoms with van der Waals surface area (Å²) in [5.74, 6) is 0.621. The molecule has 0 aromatic heterocycles. The highest BCUT2D eigenvalue weighted by Crippen LogP contribution is 2.27. The van der Waals surface area contributed by atoms with Gasteiger partial charge in [0.1, 0.15) is 12.4 Å². The summed E-state index contributed by atoms with van der Waals surface area (Å²) >= 11 is 6.04. The number of benzene rings is 2. The predicted octanol–water partition coefficient (Wildman–Crippen LogP) is 4.12. The van der Waals surface area contributed by atoms with Crippen molar-refractivity contribution in [3.63, 3.8) is 0 Å². The average Bonchev–Trinajstić information content (AvgIpc) is 2.29. The van der Waals surface area contributed by atoms with E-state index in [0.29, 0.717) is 23.1 Å². The molecular formula is C15H16ClNO. The SMILES string of the molecule is Cc1cc(C)cc(COc2cc(N)ccc2Cl)c1. The van der Waals surface area contributed by atoms with Crippen LogP contribution >= 0.6 is 11.6 Å². The van der Waals surface area contributed by atoms with E-state index in [4.69, 9.17) is 22.1 Å². The first-order valence-electron chi connectivity index (χ1n) is 5.79. The number of aryl methyl sites for hydroxylation is 2. The average molecular weight is 262 g/mol. The number of rotatable bonds is 3. The van der Waals surface area contributed by atoms with Crippen molar-refractivity contribution in [3.8, 4) is 5.75 Å². The Morgan fingerprint density at radius 1 is 1.06 bits per heavy atom. The van der Waals surface area contributed by atoms with Gasteiger partial charge >= 0.3 is 0 Å². The zero-order chi connectivity index (χ0) is 13.1. The van der Waals surface area contributed by atoms with Crippen LogP contribution in [0.3, 0.4) is 0 Å². The van der Waals surface area contributed by atoms with E-state index in [0.717, 1.165) is 5.56 Å². The lowest BCUT2D eigenvalue weighted by Gasteiger charge is -2.10. The van der Waals surface area contributed by atoms with Crippen LogP contribution < -0.4 is 10.5 Å². The van der Waals surface area contributed by atoms with Gasteiger partial charge < -0.3 is 10.5 Å². The van der Waals surface area contributed by atoms with Crippen LogP contribution in [0.1, 0.15) is 16.7 Å². The Balaban J connectivity index is 2.13. The molecule has 0 fully saturated rings. The molecular weight excluding hydrogens is 246 g/mol. The summed E-state index contributed by atoms with van der Waals surface area (Å²) in [5.41, 5.74) is 9.94. The van der Waals surface area contributed by atoms with Crippen LogP contribution in [0, 0.1) is 13.8 Å². The van der Waals surface area contributed by atoms with Gasteiger partial charge in [-0.25, -0.2) is 0 Å². The smallest absolute Gasteiger partial charge is 0.140 e. The maximum absolute atomic E-state index is 6.04. The van der Waals surface area contributed by atoms with Crippen LogP contribution in [0.5, 0.6) is 5.75 Å². The van der Waals surface area contributed by atoms with E-state index in [9.17, 15) is 0 Å². The van der Waals surface area contributed by atoms with E-state index in [-0.39, 0.29) is 0 Å². The normalized spacial score (nSPS) is 10.4. The van der Waals surface area contributed by atoms with Crippen molar-refractivity contribution < 1.29 is 4.74 Å². The summed E-state index contributed by atoms with van der Waals surface area (Å²) in [7, 11) is 0. The third kappa shape index (κ3) is 3.17. The van der Waals surface area contributed by atoms with Crippen LogP contribution in [-0.4, -0.2) is 0 Å². The Kier molecular flexibility index (Phi) is 3.78. The molecule has 0 radical (unpaired) electrons. The highest BCUT2D eigenvalue weighted by molar-refractivity contribution is 6.32. The molecule has 2 aromatic rings. The minimum Gasteiger partial charge on any atom is -0.487 e. The highest BCUT2D eigenvalue weighted by atomic mass is 35.5. The maximum atomic E-state index is 6.04. The van der Waals surface area contributed by atoms with Crippen LogP contribution in [0.4, 0.5) is 5.69 Å². The third-order valence-electron chi connectivity index (χ3n) is 2.63. The molecule has 0 amide bonds. The molecule has 18 heavy (non-hydrogen) atoms. The van der Waals surface area contributed by atoms with Crippen molar-refractivity contribution >= 4 is 17.3 Å². The van der Waals surface area contributed by atoms with Gasteiger partial charge in [0.15, 0.2) is 0 Å². The lowest BCUT2D eigenvalue weighted by atomic mass is 10.1. The lowest BCUT2D eigenvalue weighted by molar-refractivity contribution is 0.306. The fraction of sp³-hybridized carbons (Fsp3) is 0.200. The first-order valence-corrected chi connectivity index (χ1v) is 6.17. The number of hydrogen-bond donors (Lipinski definition) is 1. The largest absolute Gasteiger partial charge is 0.487 e. The molecule has 0 aliphatic carbocycles. The van der Waals surface area contributed by atoms with E-state index in [1.54, 1.807) is 18.2 Å². The Morgan fingerprint density at radius 3 is 2.39 bits per heavy atom. The van der Waals surface area contributed by atoms with Crippen LogP contribution in [0.2, 0.25) is 5.02 Å². The summed E-state index contributed by atoms with van der Waals surface area (Å²) in [4.78, 5) is 0. The first-order chi connectivity index (χ1) is 8.54. The van der Waals surface area contributed by atoms with Gasteiger partial charge in [-0.3, -0.25) is 0 Å². The molecule has 0 saturated carbocycles. The second-order valence-electron chi connectivity index (χ2n) is 4.47. The van der Waals surface area contributed by atoms with Crippen molar-refractivity contribution in [1.29, 1.82) is 0 Å². The zero-order valence-corrected chi connectivity index (χ0v) is 11.3. The van der Waals surface area contributed by atoms with E-state index >= 15 is 0 Å². The Bertz CT molecular complexity index is 546. The van der Waals surface area contributed by atoms with Crippen molar-refractivity contribution in [3.05, 3.63) is 58.1 Å². The zero-order valence-electron chi connectivity index (χ0n) is 10.5. The number of hydrogen-bond acceptors (Lipinski definition) is 2. The monoisotopic (exact) mass is 261 g/mol. The molecule has 3 heteroatoms. The summed E-state index contributed by atoms with van der Waals surface area (Å²) in [6, 6.07) is 11.6. The lowest BCUT2D eigenvalue weighted by Crippen LogP contribution is -1.98. The maximum Gasteiger partial charge on any atom is 0.140 e. The van der Waals surface area contributed by atoms with Gasteiger partial charge in [-0.1, -0.05) is 40.9 Å². The minimum absolute atomic E-state index is 0.492.